The van der Waals surface area contributed by atoms with Gasteiger partial charge in [0.1, 0.15) is 0 Å². The van der Waals surface area contributed by atoms with Crippen molar-refractivity contribution in [1.82, 2.24) is 19.3 Å². The van der Waals surface area contributed by atoms with Gasteiger partial charge in [-0.05, 0) is 19.8 Å². The summed E-state index contributed by atoms with van der Waals surface area (Å²) in [6, 6.07) is 0.613. The van der Waals surface area contributed by atoms with E-state index in [4.69, 9.17) is 0 Å². The minimum atomic E-state index is 0.613. The van der Waals surface area contributed by atoms with Gasteiger partial charge >= 0.3 is 0 Å². The number of nitrogens with zero attached hydrogens (tertiary/aromatic N) is 4. The minimum Gasteiger partial charge on any atom is -0.353 e. The highest BCUT2D eigenvalue weighted by molar-refractivity contribution is 5.40. The Labute approximate surface area is 94.1 Å². The van der Waals surface area contributed by atoms with E-state index in [1.807, 2.05) is 34.0 Å². The van der Waals surface area contributed by atoms with Crippen LogP contribution in [0.2, 0.25) is 0 Å². The molecule has 0 radical (unpaired) electrons. The number of hydrogen-bond donors (Lipinski definition) is 1. The Morgan fingerprint density at radius 1 is 1.50 bits per heavy atom. The molecule has 16 heavy (non-hydrogen) atoms. The quantitative estimate of drug-likeness (QED) is 0.847. The molecule has 84 valence electrons. The first kappa shape index (κ1) is 9.45. The Morgan fingerprint density at radius 3 is 3.06 bits per heavy atom. The van der Waals surface area contributed by atoms with Gasteiger partial charge in [0.15, 0.2) is 0 Å². The molecule has 0 amide bonds. The average Bonchev–Trinajstić information content (AvgIpc) is 2.81. The zero-order valence-electron chi connectivity index (χ0n) is 9.30. The van der Waals surface area contributed by atoms with E-state index in [9.17, 15) is 0 Å². The van der Waals surface area contributed by atoms with Crippen molar-refractivity contribution >= 4 is 5.95 Å². The lowest BCUT2D eigenvalue weighted by Gasteiger charge is -2.06. The lowest BCUT2D eigenvalue weighted by Crippen LogP contribution is -2.07. The van der Waals surface area contributed by atoms with Crippen LogP contribution in [0.4, 0.5) is 5.95 Å². The highest BCUT2D eigenvalue weighted by atomic mass is 15.3. The van der Waals surface area contributed by atoms with Crippen molar-refractivity contribution in [2.45, 2.75) is 32.4 Å². The summed E-state index contributed by atoms with van der Waals surface area (Å²) < 4.78 is 3.95. The SMILES string of the molecule is CCn1cc(-n2ccnc2NC2CC2)cn1. The number of aryl methyl sites for hydroxylation is 1. The highest BCUT2D eigenvalue weighted by Crippen LogP contribution is 2.25. The van der Waals surface area contributed by atoms with Crippen LogP contribution >= 0.6 is 0 Å². The second-order valence-electron chi connectivity index (χ2n) is 4.09. The van der Waals surface area contributed by atoms with Crippen LogP contribution in [0.15, 0.2) is 24.8 Å². The van der Waals surface area contributed by atoms with Crippen molar-refractivity contribution in [3.05, 3.63) is 24.8 Å². The van der Waals surface area contributed by atoms with Crippen LogP contribution in [-0.4, -0.2) is 25.4 Å². The Hall–Kier alpha value is -1.78. The molecule has 3 rings (SSSR count). The third-order valence-electron chi connectivity index (χ3n) is 2.77. The maximum absolute atomic E-state index is 4.32. The standard InChI is InChI=1S/C11H15N5/c1-2-15-8-10(7-13-15)16-6-5-12-11(16)14-9-3-4-9/h5-9H,2-4H2,1H3,(H,12,14). The third-order valence-corrected chi connectivity index (χ3v) is 2.77. The number of aromatic nitrogens is 4. The summed E-state index contributed by atoms with van der Waals surface area (Å²) in [4.78, 5) is 4.32. The summed E-state index contributed by atoms with van der Waals surface area (Å²) >= 11 is 0. The predicted octanol–water partition coefficient (Wildman–Crippen LogP) is 1.66. The fraction of sp³-hybridized carbons (Fsp3) is 0.455. The van der Waals surface area contributed by atoms with Gasteiger partial charge in [0.2, 0.25) is 5.95 Å². The summed E-state index contributed by atoms with van der Waals surface area (Å²) in [5, 5.41) is 7.67. The molecule has 2 aromatic rings. The van der Waals surface area contributed by atoms with Crippen molar-refractivity contribution < 1.29 is 0 Å². The van der Waals surface area contributed by atoms with E-state index in [1.54, 1.807) is 0 Å². The summed E-state index contributed by atoms with van der Waals surface area (Å²) in [7, 11) is 0. The van der Waals surface area contributed by atoms with Crippen molar-refractivity contribution in [3.8, 4) is 5.69 Å². The fourth-order valence-corrected chi connectivity index (χ4v) is 1.68. The van der Waals surface area contributed by atoms with Gasteiger partial charge < -0.3 is 5.32 Å². The second-order valence-corrected chi connectivity index (χ2v) is 4.09. The van der Waals surface area contributed by atoms with E-state index in [0.29, 0.717) is 6.04 Å². The fourth-order valence-electron chi connectivity index (χ4n) is 1.68. The molecule has 2 heterocycles. The van der Waals surface area contributed by atoms with Gasteiger partial charge in [-0.1, -0.05) is 0 Å². The monoisotopic (exact) mass is 217 g/mol. The average molecular weight is 217 g/mol. The number of nitrogens with one attached hydrogen (secondary N) is 1. The normalized spacial score (nSPS) is 15.3. The van der Waals surface area contributed by atoms with Crippen molar-refractivity contribution in [1.29, 1.82) is 0 Å². The van der Waals surface area contributed by atoms with E-state index in [-0.39, 0.29) is 0 Å². The molecule has 0 aliphatic heterocycles. The lowest BCUT2D eigenvalue weighted by atomic mass is 10.5. The first-order valence-corrected chi connectivity index (χ1v) is 5.69. The summed E-state index contributed by atoms with van der Waals surface area (Å²) in [5.74, 6) is 0.915. The molecule has 1 fully saturated rings. The lowest BCUT2D eigenvalue weighted by molar-refractivity contribution is 0.659. The first-order chi connectivity index (χ1) is 7.86. The smallest absolute Gasteiger partial charge is 0.207 e. The molecule has 0 unspecified atom stereocenters. The van der Waals surface area contributed by atoms with Gasteiger partial charge in [0.25, 0.3) is 0 Å². The Morgan fingerprint density at radius 2 is 2.38 bits per heavy atom. The van der Waals surface area contributed by atoms with Crippen LogP contribution in [0.1, 0.15) is 19.8 Å². The molecular weight excluding hydrogens is 202 g/mol. The molecule has 0 bridgehead atoms. The molecule has 1 N–H and O–H groups in total. The molecule has 1 saturated carbocycles. The van der Waals surface area contributed by atoms with Gasteiger partial charge in [0, 0.05) is 31.2 Å². The number of imidazole rings is 1. The van der Waals surface area contributed by atoms with Gasteiger partial charge in [-0.2, -0.15) is 5.10 Å². The van der Waals surface area contributed by atoms with Crippen LogP contribution in [0, 0.1) is 0 Å². The zero-order valence-corrected chi connectivity index (χ0v) is 9.30. The minimum absolute atomic E-state index is 0.613. The highest BCUT2D eigenvalue weighted by Gasteiger charge is 2.22. The Balaban J connectivity index is 1.89. The van der Waals surface area contributed by atoms with Gasteiger partial charge in [-0.3, -0.25) is 9.25 Å². The van der Waals surface area contributed by atoms with Crippen LogP contribution < -0.4 is 5.32 Å². The number of hydrogen-bond acceptors (Lipinski definition) is 3. The topological polar surface area (TPSA) is 47.7 Å². The molecule has 2 aromatic heterocycles. The van der Waals surface area contributed by atoms with Gasteiger partial charge in [-0.15, -0.1) is 0 Å². The van der Waals surface area contributed by atoms with E-state index < -0.39 is 0 Å². The van der Waals surface area contributed by atoms with E-state index in [1.165, 1.54) is 12.8 Å². The summed E-state index contributed by atoms with van der Waals surface area (Å²) in [6.07, 6.45) is 10.2. The molecule has 0 atom stereocenters. The van der Waals surface area contributed by atoms with E-state index in [0.717, 1.165) is 18.2 Å². The molecule has 0 aromatic carbocycles. The van der Waals surface area contributed by atoms with Crippen molar-refractivity contribution in [2.75, 3.05) is 5.32 Å². The molecule has 5 nitrogen and oxygen atoms in total. The largest absolute Gasteiger partial charge is 0.353 e. The third kappa shape index (κ3) is 1.68. The Bertz CT molecular complexity index is 480. The van der Waals surface area contributed by atoms with Gasteiger partial charge in [0.05, 0.1) is 11.9 Å². The molecular formula is C11H15N5. The molecule has 0 saturated heterocycles. The van der Waals surface area contributed by atoms with Crippen LogP contribution in [0.25, 0.3) is 5.69 Å². The summed E-state index contributed by atoms with van der Waals surface area (Å²) in [6.45, 7) is 2.97. The summed E-state index contributed by atoms with van der Waals surface area (Å²) in [5.41, 5.74) is 1.06. The Kier molecular flexibility index (Phi) is 2.16. The van der Waals surface area contributed by atoms with Crippen molar-refractivity contribution in [3.63, 3.8) is 0 Å². The first-order valence-electron chi connectivity index (χ1n) is 5.69. The second kappa shape index (κ2) is 3.66. The predicted molar refractivity (Wildman–Crippen MR) is 61.7 cm³/mol. The van der Waals surface area contributed by atoms with E-state index >= 15 is 0 Å². The van der Waals surface area contributed by atoms with E-state index in [2.05, 4.69) is 22.3 Å². The molecule has 5 heteroatoms. The maximum Gasteiger partial charge on any atom is 0.207 e. The van der Waals surface area contributed by atoms with Crippen LogP contribution in [0.5, 0.6) is 0 Å². The maximum atomic E-state index is 4.32. The molecule has 0 spiro atoms. The molecule has 1 aliphatic rings. The zero-order chi connectivity index (χ0) is 11.0. The van der Waals surface area contributed by atoms with Crippen molar-refractivity contribution in [2.24, 2.45) is 0 Å². The van der Waals surface area contributed by atoms with Crippen LogP contribution in [0.3, 0.4) is 0 Å². The van der Waals surface area contributed by atoms with Gasteiger partial charge in [-0.25, -0.2) is 4.98 Å². The number of anilines is 1. The van der Waals surface area contributed by atoms with Crippen LogP contribution in [-0.2, 0) is 6.54 Å². The molecule has 1 aliphatic carbocycles. The number of rotatable bonds is 4.